The minimum absolute atomic E-state index is 0.103. The van der Waals surface area contributed by atoms with Crippen molar-refractivity contribution in [3.63, 3.8) is 0 Å². The van der Waals surface area contributed by atoms with Crippen LogP contribution in [0.5, 0.6) is 0 Å². The maximum absolute atomic E-state index is 13.0. The van der Waals surface area contributed by atoms with Gasteiger partial charge in [-0.3, -0.25) is 37.3 Å². The van der Waals surface area contributed by atoms with Crippen molar-refractivity contribution in [2.45, 2.75) is 369 Å². The van der Waals surface area contributed by atoms with Crippen LogP contribution in [-0.4, -0.2) is 96.7 Å². The molecule has 0 bridgehead atoms. The Morgan fingerprint density at radius 3 is 0.789 bits per heavy atom. The van der Waals surface area contributed by atoms with E-state index in [-0.39, 0.29) is 25.7 Å². The summed E-state index contributed by atoms with van der Waals surface area (Å²) in [6.07, 6.45) is 43.3. The molecule has 534 valence electrons. The molecule has 0 amide bonds. The zero-order chi connectivity index (χ0) is 66.8. The number of ether oxygens (including phenoxy) is 4. The highest BCUT2D eigenvalue weighted by Gasteiger charge is 2.30. The number of rotatable bonds is 68. The summed E-state index contributed by atoms with van der Waals surface area (Å²) in [5.74, 6) is 0.836. The van der Waals surface area contributed by atoms with Gasteiger partial charge < -0.3 is 33.8 Å². The lowest BCUT2D eigenvalue weighted by Gasteiger charge is -2.21. The van der Waals surface area contributed by atoms with E-state index < -0.39 is 97.5 Å². The minimum Gasteiger partial charge on any atom is -0.462 e. The first kappa shape index (κ1) is 88.1. The molecule has 0 heterocycles. The van der Waals surface area contributed by atoms with Crippen molar-refractivity contribution < 1.29 is 80.2 Å². The molecule has 3 N–H and O–H groups in total. The van der Waals surface area contributed by atoms with E-state index in [4.69, 9.17) is 37.0 Å². The van der Waals surface area contributed by atoms with Gasteiger partial charge in [-0.15, -0.1) is 0 Å². The predicted octanol–water partition coefficient (Wildman–Crippen LogP) is 20.1. The maximum atomic E-state index is 13.0. The van der Waals surface area contributed by atoms with E-state index in [1.165, 1.54) is 148 Å². The third-order valence-electron chi connectivity index (χ3n) is 16.7. The molecule has 0 rings (SSSR count). The Hall–Kier alpha value is -1.94. The first-order chi connectivity index (χ1) is 43.1. The summed E-state index contributed by atoms with van der Waals surface area (Å²) < 4.78 is 68.3. The van der Waals surface area contributed by atoms with Gasteiger partial charge in [-0.2, -0.15) is 0 Å². The molecule has 0 spiro atoms. The number of unbranched alkanes of at least 4 members (excludes halogenated alkanes) is 33. The first-order valence-electron chi connectivity index (χ1n) is 36.7. The van der Waals surface area contributed by atoms with Gasteiger partial charge in [0.15, 0.2) is 12.2 Å². The van der Waals surface area contributed by atoms with Gasteiger partial charge in [-0.25, -0.2) is 9.13 Å². The van der Waals surface area contributed by atoms with Gasteiger partial charge in [0.05, 0.1) is 26.4 Å². The molecular weight excluding hydrogens is 1190 g/mol. The van der Waals surface area contributed by atoms with E-state index in [2.05, 4.69) is 55.4 Å². The van der Waals surface area contributed by atoms with Crippen LogP contribution in [0.3, 0.4) is 0 Å². The van der Waals surface area contributed by atoms with Crippen molar-refractivity contribution in [1.82, 2.24) is 0 Å². The summed E-state index contributed by atoms with van der Waals surface area (Å²) in [5, 5.41) is 10.6. The number of aliphatic hydroxyl groups excluding tert-OH is 1. The van der Waals surface area contributed by atoms with Crippen LogP contribution in [0, 0.1) is 23.7 Å². The SMILES string of the molecule is CCC(C)CCCCCCCCC(=O)O[C@H](COC(=O)CCCCCCCCCCCCCCCCCC(C)C)COP(=O)(O)OCC(O)COP(=O)(O)OC[C@@H](COC(=O)CCCCCCCCCC(C)C)OC(=O)CCCCCCCCCCCC(C)C. The lowest BCUT2D eigenvalue weighted by atomic mass is 10.00. The Bertz CT molecular complexity index is 1780. The van der Waals surface area contributed by atoms with Crippen LogP contribution in [0.15, 0.2) is 0 Å². The lowest BCUT2D eigenvalue weighted by molar-refractivity contribution is -0.161. The summed E-state index contributed by atoms with van der Waals surface area (Å²) in [5.41, 5.74) is 0. The van der Waals surface area contributed by atoms with Gasteiger partial charge in [0.1, 0.15) is 19.3 Å². The number of phosphoric ester groups is 2. The van der Waals surface area contributed by atoms with Crippen LogP contribution in [0.2, 0.25) is 0 Å². The Morgan fingerprint density at radius 1 is 0.311 bits per heavy atom. The summed E-state index contributed by atoms with van der Waals surface area (Å²) in [7, 11) is -9.90. The number of phosphoric acid groups is 2. The van der Waals surface area contributed by atoms with Crippen LogP contribution in [0.1, 0.15) is 351 Å². The fourth-order valence-electron chi connectivity index (χ4n) is 10.6. The highest BCUT2D eigenvalue weighted by atomic mass is 31.2. The van der Waals surface area contributed by atoms with Crippen molar-refractivity contribution in [2.75, 3.05) is 39.6 Å². The van der Waals surface area contributed by atoms with Crippen molar-refractivity contribution in [2.24, 2.45) is 23.7 Å². The third-order valence-corrected chi connectivity index (χ3v) is 18.6. The van der Waals surface area contributed by atoms with E-state index in [1.807, 2.05) is 0 Å². The smallest absolute Gasteiger partial charge is 0.462 e. The van der Waals surface area contributed by atoms with E-state index in [1.54, 1.807) is 0 Å². The average Bonchev–Trinajstić information content (AvgIpc) is 2.40. The van der Waals surface area contributed by atoms with Gasteiger partial charge in [0.2, 0.25) is 0 Å². The molecule has 0 saturated heterocycles. The first-order valence-corrected chi connectivity index (χ1v) is 39.7. The summed E-state index contributed by atoms with van der Waals surface area (Å²) in [6, 6.07) is 0. The highest BCUT2D eigenvalue weighted by molar-refractivity contribution is 7.47. The number of aliphatic hydroxyl groups is 1. The molecule has 0 aromatic heterocycles. The van der Waals surface area contributed by atoms with Crippen LogP contribution in [0.4, 0.5) is 0 Å². The number of carbonyl (C=O) groups is 4. The average molecular weight is 1330 g/mol. The predicted molar refractivity (Wildman–Crippen MR) is 363 cm³/mol. The molecule has 90 heavy (non-hydrogen) atoms. The second kappa shape index (κ2) is 60.7. The summed E-state index contributed by atoms with van der Waals surface area (Å²) >= 11 is 0. The Balaban J connectivity index is 5.19. The molecule has 0 radical (unpaired) electrons. The van der Waals surface area contributed by atoms with Gasteiger partial charge >= 0.3 is 39.5 Å². The van der Waals surface area contributed by atoms with Crippen molar-refractivity contribution in [3.05, 3.63) is 0 Å². The molecular formula is C71H138O17P2. The van der Waals surface area contributed by atoms with Crippen LogP contribution in [-0.2, 0) is 65.4 Å². The highest BCUT2D eigenvalue weighted by Crippen LogP contribution is 2.45. The molecule has 4 unspecified atom stereocenters. The second-order valence-electron chi connectivity index (χ2n) is 27.3. The molecule has 0 aliphatic rings. The minimum atomic E-state index is -4.95. The third kappa shape index (κ3) is 63.5. The summed E-state index contributed by atoms with van der Waals surface area (Å²) in [4.78, 5) is 72.5. The molecule has 17 nitrogen and oxygen atoms in total. The van der Waals surface area contributed by atoms with Crippen LogP contribution < -0.4 is 0 Å². The molecule has 0 aliphatic carbocycles. The molecule has 0 aliphatic heterocycles. The quantitative estimate of drug-likeness (QED) is 0.0222. The van der Waals surface area contributed by atoms with Gasteiger partial charge in [0, 0.05) is 25.7 Å². The lowest BCUT2D eigenvalue weighted by Crippen LogP contribution is -2.30. The Kier molecular flexibility index (Phi) is 59.4. The zero-order valence-corrected chi connectivity index (χ0v) is 60.6. The molecule has 6 atom stereocenters. The number of hydrogen-bond acceptors (Lipinski definition) is 15. The van der Waals surface area contributed by atoms with E-state index >= 15 is 0 Å². The molecule has 0 fully saturated rings. The van der Waals surface area contributed by atoms with E-state index in [0.29, 0.717) is 31.6 Å². The molecule has 0 saturated carbocycles. The van der Waals surface area contributed by atoms with Gasteiger partial charge in [-0.05, 0) is 49.4 Å². The molecule has 19 heteroatoms. The zero-order valence-electron chi connectivity index (χ0n) is 58.8. The van der Waals surface area contributed by atoms with E-state index in [0.717, 1.165) is 114 Å². The Labute approximate surface area is 549 Å². The second-order valence-corrected chi connectivity index (χ2v) is 30.2. The largest absolute Gasteiger partial charge is 0.472 e. The van der Waals surface area contributed by atoms with Gasteiger partial charge in [-0.1, -0.05) is 299 Å². The fourth-order valence-corrected chi connectivity index (χ4v) is 12.2. The van der Waals surface area contributed by atoms with Crippen molar-refractivity contribution in [3.8, 4) is 0 Å². The van der Waals surface area contributed by atoms with Crippen LogP contribution >= 0.6 is 15.6 Å². The topological polar surface area (TPSA) is 237 Å². The fraction of sp³-hybridized carbons (Fsp3) is 0.944. The van der Waals surface area contributed by atoms with Crippen molar-refractivity contribution in [1.29, 1.82) is 0 Å². The normalized spacial score (nSPS) is 14.6. The molecule has 0 aromatic rings. The van der Waals surface area contributed by atoms with E-state index in [9.17, 15) is 43.2 Å². The number of carbonyl (C=O) groups excluding carboxylic acids is 4. The monoisotopic (exact) mass is 1320 g/mol. The summed E-state index contributed by atoms with van der Waals surface area (Å²) in [6.45, 7) is 14.1. The molecule has 0 aromatic carbocycles. The number of esters is 4. The Morgan fingerprint density at radius 2 is 0.533 bits per heavy atom. The van der Waals surface area contributed by atoms with Crippen molar-refractivity contribution >= 4 is 39.5 Å². The number of hydrogen-bond donors (Lipinski definition) is 3. The maximum Gasteiger partial charge on any atom is 0.472 e. The van der Waals surface area contributed by atoms with Gasteiger partial charge in [0.25, 0.3) is 0 Å². The standard InChI is InChI=1S/C71H138O17P2/c1-9-64(8)50-42-34-29-30-38-46-54-71(76)88-67(58-81-68(73)51-43-35-26-20-16-14-12-10-11-13-15-18-23-31-39-47-61(2)3)60-86-90(79,80)84-56-65(72)55-83-89(77,78)85-59-66(57-82-69(74)52-44-36-28-22-25-33-41-49-63(6)7)87-70(75)53-45-37-27-21-17-19-24-32-40-48-62(4)5/h61-67,72H,9-60H2,1-8H3,(H,77,78)(H,79,80)/t64?,65?,66-,67-/m1/s1. The van der Waals surface area contributed by atoms with Crippen LogP contribution in [0.25, 0.3) is 0 Å².